The molecule has 13 heteroatoms. The predicted octanol–water partition coefficient (Wildman–Crippen LogP) is 18.2. The standard InChI is InChI=1S/C31H46FN3O3S.C28H39BrN2O.C6H12.C5H12O/c1-8-21(4)19-39-25(20(2)3)23-13-11-22(12-14-23)18-33-27(36)24-10-9-17-35(24)28(37)26(30(5,6)7)34-29(38)31(32)15-16-31;1-6-9-10-13-21(12-7-2)22-16-17-24(20(5)18-22)31-25-15-11-14-23(29)26(25)28(32)30-27(31)19(4)8-3;1-6-4-2-3-5-6;1-4-5(2)6-3/h11,13,19,24,26H,8-10,12,14-18H2,1-7H3,(H,33,36)(H,34,38);11,14-16,18-19,21,24H,6-10,12-13,17H2,1-5H3;6H,2-5H2,1H3;5H,4H2,1-3H3. The summed E-state index contributed by atoms with van der Waals surface area (Å²) >= 11 is 5.38. The van der Waals surface area contributed by atoms with Gasteiger partial charge in [-0.15, -0.1) is 0 Å². The number of hydrogen-bond donors (Lipinski definition) is 2. The Morgan fingerprint density at radius 3 is 2.17 bits per heavy atom. The van der Waals surface area contributed by atoms with Crippen LogP contribution in [0.25, 0.3) is 10.9 Å². The molecule has 1 saturated heterocycles. The summed E-state index contributed by atoms with van der Waals surface area (Å²) in [7, 11) is 1.73. The van der Waals surface area contributed by atoms with E-state index < -0.39 is 29.1 Å². The second-order valence-corrected chi connectivity index (χ2v) is 27.4. The van der Waals surface area contributed by atoms with E-state index >= 15 is 0 Å². The van der Waals surface area contributed by atoms with Crippen molar-refractivity contribution in [3.8, 4) is 0 Å². The van der Waals surface area contributed by atoms with Crippen molar-refractivity contribution in [3.63, 3.8) is 0 Å². The van der Waals surface area contributed by atoms with E-state index in [2.05, 4.69) is 155 Å². The molecule has 3 amide bonds. The molecule has 83 heavy (non-hydrogen) atoms. The molecule has 464 valence electrons. The number of ether oxygens (including phenoxy) is 1. The summed E-state index contributed by atoms with van der Waals surface area (Å²) in [5.74, 6) is 1.62. The second kappa shape index (κ2) is 34.9. The predicted molar refractivity (Wildman–Crippen MR) is 352 cm³/mol. The number of amides is 3. The van der Waals surface area contributed by atoms with Crippen LogP contribution in [-0.4, -0.2) is 76.2 Å². The van der Waals surface area contributed by atoms with Gasteiger partial charge in [0.15, 0.2) is 5.67 Å². The van der Waals surface area contributed by atoms with Gasteiger partial charge in [-0.3, -0.25) is 19.2 Å². The quantitative estimate of drug-likeness (QED) is 0.113. The number of halogens is 2. The van der Waals surface area contributed by atoms with Gasteiger partial charge in [-0.1, -0.05) is 179 Å². The highest BCUT2D eigenvalue weighted by molar-refractivity contribution is 9.10. The number of likely N-dealkylation sites (tertiary alicyclic amines) is 1. The number of unbranched alkanes of at least 4 members (excludes halogenated alkanes) is 2. The number of allylic oxidation sites excluding steroid dienone is 9. The van der Waals surface area contributed by atoms with Crippen molar-refractivity contribution in [2.75, 3.05) is 20.2 Å². The van der Waals surface area contributed by atoms with E-state index in [1.807, 2.05) is 32.9 Å². The van der Waals surface area contributed by atoms with E-state index in [-0.39, 0.29) is 42.2 Å². The van der Waals surface area contributed by atoms with Crippen LogP contribution in [0.4, 0.5) is 4.39 Å². The van der Waals surface area contributed by atoms with E-state index in [4.69, 9.17) is 4.74 Å². The van der Waals surface area contributed by atoms with Crippen LogP contribution < -0.4 is 16.2 Å². The lowest BCUT2D eigenvalue weighted by atomic mass is 9.83. The highest BCUT2D eigenvalue weighted by Gasteiger charge is 2.53. The molecule has 0 bridgehead atoms. The Hall–Kier alpha value is -4.07. The van der Waals surface area contributed by atoms with Gasteiger partial charge in [0.2, 0.25) is 11.8 Å². The smallest absolute Gasteiger partial charge is 0.281 e. The molecule has 2 saturated carbocycles. The number of nitrogens with one attached hydrogen (secondary N) is 2. The minimum Gasteiger partial charge on any atom is -0.382 e. The molecule has 3 fully saturated rings. The second-order valence-electron chi connectivity index (χ2n) is 25.7. The maximum Gasteiger partial charge on any atom is 0.281 e. The van der Waals surface area contributed by atoms with E-state index in [1.165, 1.54) is 97.0 Å². The monoisotopic (exact) mass is 1230 g/mol. The lowest BCUT2D eigenvalue weighted by molar-refractivity contribution is -0.144. The summed E-state index contributed by atoms with van der Waals surface area (Å²) in [6.07, 6.45) is 30.8. The molecular formula is C70H109BrFN5O5S. The lowest BCUT2D eigenvalue weighted by Crippen LogP contribution is -2.59. The van der Waals surface area contributed by atoms with Crippen LogP contribution in [0.5, 0.6) is 0 Å². The lowest BCUT2D eigenvalue weighted by Gasteiger charge is -2.35. The molecule has 1 aromatic heterocycles. The van der Waals surface area contributed by atoms with Crippen LogP contribution in [0, 0.1) is 17.3 Å². The minimum absolute atomic E-state index is 0.133. The van der Waals surface area contributed by atoms with Crippen molar-refractivity contribution >= 4 is 56.3 Å². The summed E-state index contributed by atoms with van der Waals surface area (Å²) < 4.78 is 22.4. The molecule has 2 aromatic rings. The van der Waals surface area contributed by atoms with E-state index in [1.54, 1.807) is 23.8 Å². The summed E-state index contributed by atoms with van der Waals surface area (Å²) in [6, 6.07) is 4.76. The Morgan fingerprint density at radius 1 is 0.952 bits per heavy atom. The normalized spacial score (nSPS) is 20.1. The van der Waals surface area contributed by atoms with Gasteiger partial charge in [0.05, 0.1) is 23.0 Å². The number of benzene rings is 1. The van der Waals surface area contributed by atoms with Crippen LogP contribution >= 0.6 is 27.7 Å². The first-order valence-corrected chi connectivity index (χ1v) is 33.6. The number of thioether (sulfide) groups is 1. The number of nitrogens with zero attached hydrogens (tertiary/aromatic N) is 3. The van der Waals surface area contributed by atoms with Gasteiger partial charge in [-0.05, 0) is 179 Å². The molecular weight excluding hydrogens is 1120 g/mol. The molecule has 2 N–H and O–H groups in total. The zero-order valence-electron chi connectivity index (χ0n) is 54.3. The van der Waals surface area contributed by atoms with Gasteiger partial charge in [0.25, 0.3) is 11.5 Å². The maximum atomic E-state index is 14.3. The molecule has 2 heterocycles. The average molecular weight is 1230 g/mol. The number of rotatable bonds is 22. The Kier molecular flexibility index (Phi) is 30.0. The van der Waals surface area contributed by atoms with Crippen LogP contribution in [0.2, 0.25) is 0 Å². The molecule has 10 nitrogen and oxygen atoms in total. The first kappa shape index (κ1) is 71.4. The number of methoxy groups -OCH3 is 1. The molecule has 6 unspecified atom stereocenters. The SMILES string of the molecule is CC1CCCC1.CCC(C)=CSC(C1=CC=C(CNC(=O)C2CCCN2C(=O)C(NC(=O)C2(F)CC2)C(C)(C)C)CC1)=C(C)C.CCC(C)OC.CCCCCC(CCC)C1=CCC(n2c(C(C)CC)nc(=O)c3c(Br)cccc32)C(C)=C1. The molecule has 0 spiro atoms. The largest absolute Gasteiger partial charge is 0.382 e. The summed E-state index contributed by atoms with van der Waals surface area (Å²) in [6.45, 7) is 32.7. The van der Waals surface area contributed by atoms with Gasteiger partial charge < -0.3 is 24.8 Å². The number of hydrogen-bond acceptors (Lipinski definition) is 7. The third kappa shape index (κ3) is 21.4. The highest BCUT2D eigenvalue weighted by Crippen LogP contribution is 2.42. The highest BCUT2D eigenvalue weighted by atomic mass is 79.9. The van der Waals surface area contributed by atoms with E-state index in [0.717, 1.165) is 65.8 Å². The molecule has 0 radical (unpaired) electrons. The van der Waals surface area contributed by atoms with Crippen molar-refractivity contribution in [1.29, 1.82) is 0 Å². The van der Waals surface area contributed by atoms with Crippen LogP contribution in [0.1, 0.15) is 250 Å². The molecule has 4 aliphatic carbocycles. The van der Waals surface area contributed by atoms with Crippen molar-refractivity contribution in [1.82, 2.24) is 25.1 Å². The van der Waals surface area contributed by atoms with Crippen molar-refractivity contribution in [2.24, 2.45) is 17.3 Å². The average Bonchev–Trinajstić information content (AvgIpc) is 2.58. The Morgan fingerprint density at radius 2 is 1.65 bits per heavy atom. The van der Waals surface area contributed by atoms with Crippen LogP contribution in [-0.2, 0) is 19.1 Å². The summed E-state index contributed by atoms with van der Waals surface area (Å²) in [5, 5.41) is 8.62. The van der Waals surface area contributed by atoms with Crippen LogP contribution in [0.3, 0.4) is 0 Å². The van der Waals surface area contributed by atoms with E-state index in [0.29, 0.717) is 43.3 Å². The summed E-state index contributed by atoms with van der Waals surface area (Å²) in [5.41, 5.74) is 6.39. The first-order valence-electron chi connectivity index (χ1n) is 32.0. The van der Waals surface area contributed by atoms with Gasteiger partial charge in [0, 0.05) is 35.5 Å². The zero-order chi connectivity index (χ0) is 61.6. The number of carbonyl (C=O) groups excluding carboxylic acids is 3. The molecule has 1 aliphatic heterocycles. The third-order valence-corrected chi connectivity index (χ3v) is 19.5. The third-order valence-electron chi connectivity index (χ3n) is 17.4. The molecule has 1 aromatic carbocycles. The number of carbonyl (C=O) groups is 3. The first-order chi connectivity index (χ1) is 39.4. The Balaban J connectivity index is 0.000000300. The van der Waals surface area contributed by atoms with Gasteiger partial charge >= 0.3 is 0 Å². The molecule has 5 aliphatic rings. The molecule has 6 atom stereocenters. The fourth-order valence-electron chi connectivity index (χ4n) is 11.1. The number of fused-ring (bicyclic) bond motifs is 1. The van der Waals surface area contributed by atoms with Gasteiger partial charge in [-0.2, -0.15) is 4.98 Å². The van der Waals surface area contributed by atoms with Crippen LogP contribution in [0.15, 0.2) is 95.5 Å². The van der Waals surface area contributed by atoms with Crippen molar-refractivity contribution in [2.45, 2.75) is 268 Å². The van der Waals surface area contributed by atoms with Crippen molar-refractivity contribution in [3.05, 3.63) is 107 Å². The van der Waals surface area contributed by atoms with Gasteiger partial charge in [-0.25, -0.2) is 4.39 Å². The topological polar surface area (TPSA) is 123 Å². The van der Waals surface area contributed by atoms with Gasteiger partial charge in [0.1, 0.15) is 17.9 Å². The summed E-state index contributed by atoms with van der Waals surface area (Å²) in [4.78, 5) is 59.6. The molecule has 7 rings (SSSR count). The Bertz CT molecular complexity index is 2700. The minimum atomic E-state index is -1.86. The fourth-order valence-corrected chi connectivity index (χ4v) is 12.7. The maximum absolute atomic E-state index is 14.3. The number of alkyl halides is 1. The van der Waals surface area contributed by atoms with E-state index in [9.17, 15) is 23.6 Å². The van der Waals surface area contributed by atoms with Crippen molar-refractivity contribution < 1.29 is 23.5 Å². The number of aromatic nitrogens is 2. The fraction of sp³-hybridized carbons (Fsp3) is 0.671. The Labute approximate surface area is 514 Å². The zero-order valence-corrected chi connectivity index (χ0v) is 56.7.